The molecular weight excluding hydrogens is 367 g/mol. The second kappa shape index (κ2) is 9.59. The third-order valence-electron chi connectivity index (χ3n) is 4.87. The Labute approximate surface area is 163 Å². The SMILES string of the molecule is CN(C)C(=O)CCCC(=O)N1CCC(O)(CNC(=O)c2cncc(F)c2)CC1. The normalized spacial score (nSPS) is 15.8. The number of pyridine rings is 1. The van der Waals surface area contributed by atoms with Crippen LogP contribution in [-0.2, 0) is 9.59 Å². The summed E-state index contributed by atoms with van der Waals surface area (Å²) >= 11 is 0. The summed E-state index contributed by atoms with van der Waals surface area (Å²) < 4.78 is 13.1. The Morgan fingerprint density at radius 3 is 2.54 bits per heavy atom. The van der Waals surface area contributed by atoms with Gasteiger partial charge in [0.2, 0.25) is 11.8 Å². The van der Waals surface area contributed by atoms with Crippen molar-refractivity contribution in [2.45, 2.75) is 37.7 Å². The largest absolute Gasteiger partial charge is 0.388 e. The number of likely N-dealkylation sites (tertiary alicyclic amines) is 1. The molecule has 1 aromatic heterocycles. The molecule has 0 bridgehead atoms. The van der Waals surface area contributed by atoms with Gasteiger partial charge in [-0.2, -0.15) is 0 Å². The Balaban J connectivity index is 1.74. The van der Waals surface area contributed by atoms with Crippen molar-refractivity contribution >= 4 is 17.7 Å². The molecule has 2 rings (SSSR count). The van der Waals surface area contributed by atoms with Crippen molar-refractivity contribution in [1.29, 1.82) is 0 Å². The van der Waals surface area contributed by atoms with Gasteiger partial charge in [-0.15, -0.1) is 0 Å². The van der Waals surface area contributed by atoms with Crippen LogP contribution in [0, 0.1) is 5.82 Å². The molecule has 0 unspecified atom stereocenters. The first-order chi connectivity index (χ1) is 13.2. The lowest BCUT2D eigenvalue weighted by molar-refractivity contribution is -0.135. The van der Waals surface area contributed by atoms with Crippen LogP contribution in [0.3, 0.4) is 0 Å². The van der Waals surface area contributed by atoms with Gasteiger partial charge in [0.15, 0.2) is 0 Å². The highest BCUT2D eigenvalue weighted by molar-refractivity contribution is 5.93. The van der Waals surface area contributed by atoms with Gasteiger partial charge >= 0.3 is 0 Å². The van der Waals surface area contributed by atoms with E-state index in [1.54, 1.807) is 19.0 Å². The van der Waals surface area contributed by atoms with E-state index in [1.165, 1.54) is 11.1 Å². The fourth-order valence-electron chi connectivity index (χ4n) is 3.00. The predicted molar refractivity (Wildman–Crippen MR) is 99.8 cm³/mol. The fraction of sp³-hybridized carbons (Fsp3) is 0.579. The smallest absolute Gasteiger partial charge is 0.253 e. The van der Waals surface area contributed by atoms with E-state index in [1.807, 2.05) is 0 Å². The third kappa shape index (κ3) is 6.26. The monoisotopic (exact) mass is 394 g/mol. The number of carbonyl (C=O) groups is 3. The van der Waals surface area contributed by atoms with Gasteiger partial charge < -0.3 is 20.2 Å². The van der Waals surface area contributed by atoms with Crippen molar-refractivity contribution in [2.75, 3.05) is 33.7 Å². The minimum Gasteiger partial charge on any atom is -0.388 e. The van der Waals surface area contributed by atoms with Crippen molar-refractivity contribution in [3.8, 4) is 0 Å². The lowest BCUT2D eigenvalue weighted by Crippen LogP contribution is -2.52. The van der Waals surface area contributed by atoms with E-state index in [0.29, 0.717) is 45.2 Å². The first kappa shape index (κ1) is 21.7. The van der Waals surface area contributed by atoms with Gasteiger partial charge in [-0.25, -0.2) is 4.39 Å². The Morgan fingerprint density at radius 1 is 1.25 bits per heavy atom. The number of aliphatic hydroxyl groups is 1. The van der Waals surface area contributed by atoms with Gasteiger partial charge in [0.1, 0.15) is 5.82 Å². The predicted octanol–water partition coefficient (Wildman–Crippen LogP) is 0.562. The van der Waals surface area contributed by atoms with Crippen LogP contribution in [0.1, 0.15) is 42.5 Å². The van der Waals surface area contributed by atoms with Crippen molar-refractivity contribution < 1.29 is 23.9 Å². The van der Waals surface area contributed by atoms with Crippen LogP contribution in [0.25, 0.3) is 0 Å². The summed E-state index contributed by atoms with van der Waals surface area (Å²) in [7, 11) is 3.36. The van der Waals surface area contributed by atoms with Crippen LogP contribution >= 0.6 is 0 Å². The quantitative estimate of drug-likeness (QED) is 0.704. The molecule has 1 fully saturated rings. The summed E-state index contributed by atoms with van der Waals surface area (Å²) in [4.78, 5) is 42.6. The van der Waals surface area contributed by atoms with Crippen molar-refractivity contribution in [1.82, 2.24) is 20.1 Å². The minimum atomic E-state index is -1.12. The molecule has 9 heteroatoms. The van der Waals surface area contributed by atoms with E-state index < -0.39 is 17.3 Å². The summed E-state index contributed by atoms with van der Waals surface area (Å²) in [6, 6.07) is 1.08. The van der Waals surface area contributed by atoms with Crippen LogP contribution in [0.2, 0.25) is 0 Å². The molecule has 1 aromatic rings. The van der Waals surface area contributed by atoms with Gasteiger partial charge in [-0.1, -0.05) is 0 Å². The Bertz CT molecular complexity index is 718. The summed E-state index contributed by atoms with van der Waals surface area (Å²) in [6.45, 7) is 0.782. The van der Waals surface area contributed by atoms with Gasteiger partial charge in [-0.05, 0) is 25.3 Å². The number of aromatic nitrogens is 1. The second-order valence-electron chi connectivity index (χ2n) is 7.32. The molecule has 2 N–H and O–H groups in total. The van der Waals surface area contributed by atoms with Crippen LogP contribution in [0.15, 0.2) is 18.5 Å². The van der Waals surface area contributed by atoms with Crippen molar-refractivity contribution in [3.05, 3.63) is 29.8 Å². The standard InChI is InChI=1S/C19H27FN4O4/c1-23(2)16(25)4-3-5-17(26)24-8-6-19(28,7-9-24)13-22-18(27)14-10-15(20)12-21-11-14/h10-12,28H,3-9,13H2,1-2H3,(H,22,27). The highest BCUT2D eigenvalue weighted by atomic mass is 19.1. The summed E-state index contributed by atoms with van der Waals surface area (Å²) in [5.74, 6) is -1.16. The summed E-state index contributed by atoms with van der Waals surface area (Å²) in [5, 5.41) is 13.2. The summed E-state index contributed by atoms with van der Waals surface area (Å²) in [5.41, 5.74) is -1.03. The number of halogens is 1. The molecule has 2 heterocycles. The second-order valence-corrected chi connectivity index (χ2v) is 7.32. The molecule has 3 amide bonds. The third-order valence-corrected chi connectivity index (χ3v) is 4.87. The molecule has 28 heavy (non-hydrogen) atoms. The van der Waals surface area contributed by atoms with Gasteiger partial charge in [0.25, 0.3) is 5.91 Å². The molecule has 1 saturated heterocycles. The zero-order valence-corrected chi connectivity index (χ0v) is 16.3. The number of nitrogens with one attached hydrogen (secondary N) is 1. The summed E-state index contributed by atoms with van der Waals surface area (Å²) in [6.07, 6.45) is 4.04. The van der Waals surface area contributed by atoms with E-state index >= 15 is 0 Å². The van der Waals surface area contributed by atoms with Crippen molar-refractivity contribution in [2.24, 2.45) is 0 Å². The zero-order valence-electron chi connectivity index (χ0n) is 16.3. The number of hydrogen-bond acceptors (Lipinski definition) is 5. The number of hydrogen-bond donors (Lipinski definition) is 2. The Morgan fingerprint density at radius 2 is 1.93 bits per heavy atom. The molecule has 1 aliphatic heterocycles. The van der Waals surface area contributed by atoms with E-state index in [-0.39, 0.29) is 23.9 Å². The molecule has 0 aliphatic carbocycles. The number of rotatable bonds is 7. The minimum absolute atomic E-state index is 0.00921. The topological polar surface area (TPSA) is 103 Å². The molecule has 0 radical (unpaired) electrons. The first-order valence-electron chi connectivity index (χ1n) is 9.29. The Hall–Kier alpha value is -2.55. The van der Waals surface area contributed by atoms with Crippen LogP contribution in [0.4, 0.5) is 4.39 Å². The maximum atomic E-state index is 13.1. The number of piperidine rings is 1. The molecular formula is C19H27FN4O4. The molecule has 0 atom stereocenters. The fourth-order valence-corrected chi connectivity index (χ4v) is 3.00. The average Bonchev–Trinajstić information content (AvgIpc) is 2.66. The van der Waals surface area contributed by atoms with E-state index in [4.69, 9.17) is 0 Å². The maximum Gasteiger partial charge on any atom is 0.253 e. The zero-order chi connectivity index (χ0) is 20.7. The average molecular weight is 394 g/mol. The molecule has 1 aliphatic rings. The van der Waals surface area contributed by atoms with Gasteiger partial charge in [-0.3, -0.25) is 19.4 Å². The van der Waals surface area contributed by atoms with E-state index in [0.717, 1.165) is 12.3 Å². The highest BCUT2D eigenvalue weighted by Gasteiger charge is 2.34. The highest BCUT2D eigenvalue weighted by Crippen LogP contribution is 2.22. The van der Waals surface area contributed by atoms with E-state index in [9.17, 15) is 23.9 Å². The number of nitrogens with zero attached hydrogens (tertiary/aromatic N) is 3. The molecule has 8 nitrogen and oxygen atoms in total. The van der Waals surface area contributed by atoms with Crippen molar-refractivity contribution in [3.63, 3.8) is 0 Å². The van der Waals surface area contributed by atoms with E-state index in [2.05, 4.69) is 10.3 Å². The first-order valence-corrected chi connectivity index (χ1v) is 9.29. The number of amides is 3. The number of carbonyl (C=O) groups excluding carboxylic acids is 3. The van der Waals surface area contributed by atoms with Gasteiger partial charge in [0, 0.05) is 52.8 Å². The Kier molecular flexibility index (Phi) is 7.45. The van der Waals surface area contributed by atoms with Crippen LogP contribution in [0.5, 0.6) is 0 Å². The lowest BCUT2D eigenvalue weighted by Gasteiger charge is -2.38. The van der Waals surface area contributed by atoms with Crippen LogP contribution < -0.4 is 5.32 Å². The maximum absolute atomic E-state index is 13.1. The molecule has 0 saturated carbocycles. The molecule has 0 spiro atoms. The van der Waals surface area contributed by atoms with Gasteiger partial charge in [0.05, 0.1) is 17.4 Å². The molecule has 0 aromatic carbocycles. The van der Waals surface area contributed by atoms with Crippen LogP contribution in [-0.4, -0.2) is 76.9 Å². The molecule has 154 valence electrons. The lowest BCUT2D eigenvalue weighted by atomic mass is 9.91.